The molecule has 2 aromatic rings. The minimum atomic E-state index is -0.936. The number of aliphatic hydroxyl groups excluding tert-OH is 1. The van der Waals surface area contributed by atoms with Crippen molar-refractivity contribution in [2.75, 3.05) is 6.54 Å². The lowest BCUT2D eigenvalue weighted by molar-refractivity contribution is -0.120. The van der Waals surface area contributed by atoms with Crippen molar-refractivity contribution in [3.05, 3.63) is 76.9 Å². The Morgan fingerprint density at radius 3 is 2.38 bits per heavy atom. The molecule has 4 nitrogen and oxygen atoms in total. The van der Waals surface area contributed by atoms with Crippen molar-refractivity contribution in [2.24, 2.45) is 0 Å². The molecule has 184 valence electrons. The van der Waals surface area contributed by atoms with E-state index in [0.717, 1.165) is 31.7 Å². The third kappa shape index (κ3) is 6.73. The van der Waals surface area contributed by atoms with Crippen LogP contribution in [0.1, 0.15) is 69.6 Å². The second-order valence-corrected chi connectivity index (χ2v) is 9.43. The SMILES string of the molecule is C/C=C(\C)c1cccc(C2(NC[C@@H](O)[C@H](Cc3cc(F)cc(F)c3)NC(C)=O)CCCCC2)c1. The van der Waals surface area contributed by atoms with Crippen LogP contribution in [0.5, 0.6) is 0 Å². The molecule has 0 radical (unpaired) electrons. The summed E-state index contributed by atoms with van der Waals surface area (Å²) in [6, 6.07) is 11.1. The van der Waals surface area contributed by atoms with E-state index in [4.69, 9.17) is 0 Å². The highest BCUT2D eigenvalue weighted by Gasteiger charge is 2.35. The number of amides is 1. The van der Waals surface area contributed by atoms with Crippen LogP contribution in [0.3, 0.4) is 0 Å². The predicted octanol–water partition coefficient (Wildman–Crippen LogP) is 5.25. The van der Waals surface area contributed by atoms with Gasteiger partial charge in [0.2, 0.25) is 5.91 Å². The molecule has 0 saturated heterocycles. The smallest absolute Gasteiger partial charge is 0.217 e. The first-order valence-corrected chi connectivity index (χ1v) is 12.1. The lowest BCUT2D eigenvalue weighted by Gasteiger charge is -2.40. The number of hydrogen-bond acceptors (Lipinski definition) is 3. The third-order valence-electron chi connectivity index (χ3n) is 6.89. The van der Waals surface area contributed by atoms with Crippen LogP contribution in [-0.2, 0) is 16.8 Å². The molecule has 1 fully saturated rings. The average Bonchev–Trinajstić information content (AvgIpc) is 2.81. The molecule has 2 aromatic carbocycles. The molecule has 3 N–H and O–H groups in total. The van der Waals surface area contributed by atoms with Crippen LogP contribution in [0, 0.1) is 11.6 Å². The van der Waals surface area contributed by atoms with Crippen molar-refractivity contribution in [1.82, 2.24) is 10.6 Å². The van der Waals surface area contributed by atoms with Gasteiger partial charge in [-0.3, -0.25) is 4.79 Å². The van der Waals surface area contributed by atoms with Crippen molar-refractivity contribution in [3.63, 3.8) is 0 Å². The molecular weight excluding hydrogens is 434 g/mol. The monoisotopic (exact) mass is 470 g/mol. The largest absolute Gasteiger partial charge is 0.390 e. The van der Waals surface area contributed by atoms with Gasteiger partial charge in [0.15, 0.2) is 0 Å². The fourth-order valence-corrected chi connectivity index (χ4v) is 4.92. The summed E-state index contributed by atoms with van der Waals surface area (Å²) in [7, 11) is 0. The van der Waals surface area contributed by atoms with Gasteiger partial charge in [0, 0.05) is 25.1 Å². The molecular formula is C28H36F2N2O2. The molecule has 6 heteroatoms. The van der Waals surface area contributed by atoms with Gasteiger partial charge >= 0.3 is 0 Å². The van der Waals surface area contributed by atoms with Gasteiger partial charge in [0.05, 0.1) is 12.1 Å². The van der Waals surface area contributed by atoms with E-state index in [-0.39, 0.29) is 24.4 Å². The summed E-state index contributed by atoms with van der Waals surface area (Å²) in [6.45, 7) is 5.74. The zero-order chi connectivity index (χ0) is 24.7. The molecule has 1 amide bonds. The van der Waals surface area contributed by atoms with Crippen LogP contribution >= 0.6 is 0 Å². The average molecular weight is 471 g/mol. The van der Waals surface area contributed by atoms with E-state index in [0.29, 0.717) is 5.56 Å². The van der Waals surface area contributed by atoms with Crippen molar-refractivity contribution in [3.8, 4) is 0 Å². The topological polar surface area (TPSA) is 61.4 Å². The van der Waals surface area contributed by atoms with E-state index in [1.807, 2.05) is 6.92 Å². The van der Waals surface area contributed by atoms with Crippen LogP contribution in [0.25, 0.3) is 5.57 Å². The zero-order valence-corrected chi connectivity index (χ0v) is 20.3. The zero-order valence-electron chi connectivity index (χ0n) is 20.3. The normalized spacial score (nSPS) is 17.8. The number of hydrogen-bond donors (Lipinski definition) is 3. The van der Waals surface area contributed by atoms with Gasteiger partial charge in [-0.2, -0.15) is 0 Å². The Kier molecular flexibility index (Phi) is 8.97. The van der Waals surface area contributed by atoms with Crippen molar-refractivity contribution in [1.29, 1.82) is 0 Å². The molecule has 2 atom stereocenters. The highest BCUT2D eigenvalue weighted by molar-refractivity contribution is 5.73. The van der Waals surface area contributed by atoms with E-state index in [9.17, 15) is 18.7 Å². The van der Waals surface area contributed by atoms with Gasteiger partial charge in [-0.1, -0.05) is 43.5 Å². The number of nitrogens with one attached hydrogen (secondary N) is 2. The first-order chi connectivity index (χ1) is 16.2. The van der Waals surface area contributed by atoms with Crippen molar-refractivity contribution >= 4 is 11.5 Å². The first-order valence-electron chi connectivity index (χ1n) is 12.1. The summed E-state index contributed by atoms with van der Waals surface area (Å²) in [5.41, 5.74) is 3.70. The van der Waals surface area contributed by atoms with Crippen LogP contribution in [0.15, 0.2) is 48.5 Å². The van der Waals surface area contributed by atoms with E-state index in [1.54, 1.807) is 0 Å². The number of aliphatic hydroxyl groups is 1. The van der Waals surface area contributed by atoms with Crippen LogP contribution in [-0.4, -0.2) is 29.7 Å². The second kappa shape index (κ2) is 11.7. The number of benzene rings is 2. The molecule has 1 saturated carbocycles. The lowest BCUT2D eigenvalue weighted by Crippen LogP contribution is -2.53. The fraction of sp³-hybridized carbons (Fsp3) is 0.464. The number of carbonyl (C=O) groups excluding carboxylic acids is 1. The van der Waals surface area contributed by atoms with Crippen LogP contribution in [0.4, 0.5) is 8.78 Å². The Bertz CT molecular complexity index is 995. The summed E-state index contributed by atoms with van der Waals surface area (Å²) < 4.78 is 27.4. The lowest BCUT2D eigenvalue weighted by atomic mass is 9.75. The third-order valence-corrected chi connectivity index (χ3v) is 6.89. The Labute approximate surface area is 201 Å². The number of carbonyl (C=O) groups is 1. The molecule has 0 unspecified atom stereocenters. The first kappa shape index (κ1) is 26.0. The fourth-order valence-electron chi connectivity index (χ4n) is 4.92. The van der Waals surface area contributed by atoms with Crippen LogP contribution in [0.2, 0.25) is 0 Å². The van der Waals surface area contributed by atoms with Crippen LogP contribution < -0.4 is 10.6 Å². The van der Waals surface area contributed by atoms with Gasteiger partial charge < -0.3 is 15.7 Å². The van der Waals surface area contributed by atoms with Crippen molar-refractivity contribution in [2.45, 2.75) is 77.0 Å². The maximum atomic E-state index is 13.7. The van der Waals surface area contributed by atoms with Gasteiger partial charge in [-0.05, 0) is 73.6 Å². The molecule has 0 aliphatic heterocycles. The Morgan fingerprint density at radius 2 is 1.76 bits per heavy atom. The minimum absolute atomic E-state index is 0.125. The second-order valence-electron chi connectivity index (χ2n) is 9.43. The van der Waals surface area contributed by atoms with Gasteiger partial charge in [-0.25, -0.2) is 8.78 Å². The number of rotatable bonds is 9. The molecule has 34 heavy (non-hydrogen) atoms. The van der Waals surface area contributed by atoms with Crippen molar-refractivity contribution < 1.29 is 18.7 Å². The molecule has 0 bridgehead atoms. The highest BCUT2D eigenvalue weighted by atomic mass is 19.1. The summed E-state index contributed by atoms with van der Waals surface area (Å²) in [5, 5.41) is 17.4. The van der Waals surface area contributed by atoms with E-state index in [1.165, 1.54) is 42.2 Å². The molecule has 0 spiro atoms. The molecule has 3 rings (SSSR count). The molecule has 0 heterocycles. The molecule has 0 aromatic heterocycles. The summed E-state index contributed by atoms with van der Waals surface area (Å²) in [5.74, 6) is -1.66. The van der Waals surface area contributed by atoms with Gasteiger partial charge in [-0.15, -0.1) is 0 Å². The summed E-state index contributed by atoms with van der Waals surface area (Å²) >= 11 is 0. The number of allylic oxidation sites excluding steroid dienone is 2. The Morgan fingerprint density at radius 1 is 1.09 bits per heavy atom. The number of halogens is 2. The van der Waals surface area contributed by atoms with Gasteiger partial charge in [0.1, 0.15) is 11.6 Å². The minimum Gasteiger partial charge on any atom is -0.390 e. The molecule has 1 aliphatic carbocycles. The highest BCUT2D eigenvalue weighted by Crippen LogP contribution is 2.38. The van der Waals surface area contributed by atoms with Gasteiger partial charge in [0.25, 0.3) is 0 Å². The van der Waals surface area contributed by atoms with E-state index in [2.05, 4.69) is 47.9 Å². The summed E-state index contributed by atoms with van der Waals surface area (Å²) in [6.07, 6.45) is 6.56. The Balaban J connectivity index is 1.80. The van der Waals surface area contributed by atoms with E-state index >= 15 is 0 Å². The summed E-state index contributed by atoms with van der Waals surface area (Å²) in [4.78, 5) is 11.8. The molecule has 1 aliphatic rings. The maximum Gasteiger partial charge on any atom is 0.217 e. The Hall–Kier alpha value is -2.57. The quantitative estimate of drug-likeness (QED) is 0.469. The predicted molar refractivity (Wildman–Crippen MR) is 132 cm³/mol. The standard InChI is InChI=1S/C28H36F2N2O2/c1-4-19(2)22-9-8-10-23(16-22)28(11-6-5-7-12-28)31-18-27(34)26(32-20(3)33)15-21-13-24(29)17-25(30)14-21/h4,8-10,13-14,16-17,26-27,31,34H,5-7,11-12,15,18H2,1-3H3,(H,32,33)/b19-4+/t26-,27+/m0/s1. The maximum absolute atomic E-state index is 13.7. The van der Waals surface area contributed by atoms with E-state index < -0.39 is 23.8 Å².